The molecule has 0 N–H and O–H groups in total. The maximum absolute atomic E-state index is 11.3. The van der Waals surface area contributed by atoms with Crippen molar-refractivity contribution in [2.45, 2.75) is 6.92 Å². The third-order valence-corrected chi connectivity index (χ3v) is 3.49. The minimum Gasteiger partial charge on any atom is -0.465 e. The SMILES string of the molecule is COC(=O)c1ccc(-c2cc(Cl)nnc2C)s1. The van der Waals surface area contributed by atoms with Gasteiger partial charge in [-0.2, -0.15) is 5.10 Å². The summed E-state index contributed by atoms with van der Waals surface area (Å²) in [5.41, 5.74) is 1.65. The van der Waals surface area contributed by atoms with Gasteiger partial charge >= 0.3 is 5.97 Å². The standard InChI is InChI=1S/C11H9ClN2O2S/c1-6-7(5-10(12)14-13-6)8-3-4-9(17-8)11(15)16-2/h3-5H,1-2H3. The molecule has 2 heterocycles. The topological polar surface area (TPSA) is 52.1 Å². The second-order valence-electron chi connectivity index (χ2n) is 3.32. The summed E-state index contributed by atoms with van der Waals surface area (Å²) >= 11 is 7.14. The maximum Gasteiger partial charge on any atom is 0.348 e. The molecule has 0 atom stereocenters. The van der Waals surface area contributed by atoms with Crippen LogP contribution in [0.1, 0.15) is 15.4 Å². The van der Waals surface area contributed by atoms with Crippen molar-refractivity contribution in [2.75, 3.05) is 7.11 Å². The highest BCUT2D eigenvalue weighted by atomic mass is 35.5. The Morgan fingerprint density at radius 3 is 2.88 bits per heavy atom. The molecule has 0 unspecified atom stereocenters. The fraction of sp³-hybridized carbons (Fsp3) is 0.182. The lowest BCUT2D eigenvalue weighted by molar-refractivity contribution is 0.0606. The molecule has 0 aliphatic rings. The summed E-state index contributed by atoms with van der Waals surface area (Å²) in [5.74, 6) is -0.341. The smallest absolute Gasteiger partial charge is 0.348 e. The minimum atomic E-state index is -0.341. The first-order valence-corrected chi connectivity index (χ1v) is 5.99. The van der Waals surface area contributed by atoms with Crippen LogP contribution in [0.3, 0.4) is 0 Å². The minimum absolute atomic E-state index is 0.332. The lowest BCUT2D eigenvalue weighted by Gasteiger charge is -2.01. The number of hydrogen-bond acceptors (Lipinski definition) is 5. The highest BCUT2D eigenvalue weighted by Crippen LogP contribution is 2.30. The molecule has 0 aliphatic carbocycles. The van der Waals surface area contributed by atoms with E-state index in [2.05, 4.69) is 14.9 Å². The van der Waals surface area contributed by atoms with E-state index in [0.717, 1.165) is 16.1 Å². The average Bonchev–Trinajstić information content (AvgIpc) is 2.80. The zero-order valence-corrected chi connectivity index (χ0v) is 10.8. The second-order valence-corrected chi connectivity index (χ2v) is 4.79. The fourth-order valence-corrected chi connectivity index (χ4v) is 2.51. The van der Waals surface area contributed by atoms with Crippen LogP contribution >= 0.6 is 22.9 Å². The van der Waals surface area contributed by atoms with Gasteiger partial charge in [-0.15, -0.1) is 16.4 Å². The first-order chi connectivity index (χ1) is 8.11. The largest absolute Gasteiger partial charge is 0.465 e. The fourth-order valence-electron chi connectivity index (χ4n) is 1.37. The van der Waals surface area contributed by atoms with E-state index in [1.807, 2.05) is 13.0 Å². The van der Waals surface area contributed by atoms with Crippen LogP contribution in [0.25, 0.3) is 10.4 Å². The summed E-state index contributed by atoms with van der Waals surface area (Å²) in [6.45, 7) is 1.84. The van der Waals surface area contributed by atoms with Crippen molar-refractivity contribution in [2.24, 2.45) is 0 Å². The van der Waals surface area contributed by atoms with Gasteiger partial charge in [0, 0.05) is 10.4 Å². The molecule has 4 nitrogen and oxygen atoms in total. The van der Waals surface area contributed by atoms with Gasteiger partial charge in [0.15, 0.2) is 5.15 Å². The molecule has 17 heavy (non-hydrogen) atoms. The van der Waals surface area contributed by atoms with Crippen LogP contribution in [0.2, 0.25) is 5.15 Å². The van der Waals surface area contributed by atoms with Gasteiger partial charge < -0.3 is 4.74 Å². The van der Waals surface area contributed by atoms with Gasteiger partial charge in [-0.3, -0.25) is 0 Å². The van der Waals surface area contributed by atoms with Gasteiger partial charge in [0.25, 0.3) is 0 Å². The van der Waals surface area contributed by atoms with E-state index in [4.69, 9.17) is 11.6 Å². The van der Waals surface area contributed by atoms with Crippen LogP contribution in [-0.2, 0) is 4.74 Å². The Bertz CT molecular complexity index is 568. The van der Waals surface area contributed by atoms with Crippen LogP contribution in [0, 0.1) is 6.92 Å². The number of methoxy groups -OCH3 is 1. The number of carbonyl (C=O) groups is 1. The zero-order chi connectivity index (χ0) is 12.4. The van der Waals surface area contributed by atoms with Gasteiger partial charge in [-0.1, -0.05) is 11.6 Å². The Kier molecular flexibility index (Phi) is 3.40. The molecular formula is C11H9ClN2O2S. The molecule has 2 rings (SSSR count). The summed E-state index contributed by atoms with van der Waals surface area (Å²) in [6, 6.07) is 5.30. The van der Waals surface area contributed by atoms with Crippen molar-refractivity contribution < 1.29 is 9.53 Å². The monoisotopic (exact) mass is 268 g/mol. The number of hydrogen-bond donors (Lipinski definition) is 0. The van der Waals surface area contributed by atoms with Gasteiger partial charge in [0.1, 0.15) is 4.88 Å². The molecule has 0 aromatic carbocycles. The van der Waals surface area contributed by atoms with Crippen LogP contribution in [-0.4, -0.2) is 23.3 Å². The zero-order valence-electron chi connectivity index (χ0n) is 9.23. The molecule has 0 radical (unpaired) electrons. The van der Waals surface area contributed by atoms with Crippen molar-refractivity contribution in [1.82, 2.24) is 10.2 Å². The predicted molar refractivity (Wildman–Crippen MR) is 66.4 cm³/mol. The molecule has 0 bridgehead atoms. The second kappa shape index (κ2) is 4.81. The molecule has 0 fully saturated rings. The van der Waals surface area contributed by atoms with E-state index in [0.29, 0.717) is 10.0 Å². The molecule has 88 valence electrons. The lowest BCUT2D eigenvalue weighted by Crippen LogP contribution is -1.96. The van der Waals surface area contributed by atoms with Crippen molar-refractivity contribution in [3.05, 3.63) is 33.9 Å². The molecule has 0 saturated heterocycles. The number of thiophene rings is 1. The quantitative estimate of drug-likeness (QED) is 0.786. The predicted octanol–water partition coefficient (Wildman–Crippen LogP) is 2.95. The Labute approximate surface area is 107 Å². The average molecular weight is 269 g/mol. The number of aromatic nitrogens is 2. The summed E-state index contributed by atoms with van der Waals surface area (Å²) in [4.78, 5) is 12.8. The highest BCUT2D eigenvalue weighted by Gasteiger charge is 2.12. The number of aryl methyl sites for hydroxylation is 1. The highest BCUT2D eigenvalue weighted by molar-refractivity contribution is 7.17. The lowest BCUT2D eigenvalue weighted by atomic mass is 10.2. The van der Waals surface area contributed by atoms with Crippen LogP contribution in [0.5, 0.6) is 0 Å². The van der Waals surface area contributed by atoms with Gasteiger partial charge in [0.2, 0.25) is 0 Å². The number of nitrogens with zero attached hydrogens (tertiary/aromatic N) is 2. The molecule has 0 spiro atoms. The Hall–Kier alpha value is -1.46. The molecule has 0 aliphatic heterocycles. The number of rotatable bonds is 2. The van der Waals surface area contributed by atoms with Gasteiger partial charge in [-0.25, -0.2) is 4.79 Å². The normalized spacial score (nSPS) is 10.3. The van der Waals surface area contributed by atoms with E-state index in [1.165, 1.54) is 18.4 Å². The Morgan fingerprint density at radius 2 is 2.18 bits per heavy atom. The molecular weight excluding hydrogens is 260 g/mol. The molecule has 0 saturated carbocycles. The van der Waals surface area contributed by atoms with Crippen molar-refractivity contribution >= 4 is 28.9 Å². The first-order valence-electron chi connectivity index (χ1n) is 4.80. The van der Waals surface area contributed by atoms with E-state index < -0.39 is 0 Å². The molecule has 2 aromatic rings. The third-order valence-electron chi connectivity index (χ3n) is 2.21. The Morgan fingerprint density at radius 1 is 1.41 bits per heavy atom. The summed E-state index contributed by atoms with van der Waals surface area (Å²) in [7, 11) is 1.36. The van der Waals surface area contributed by atoms with Crippen molar-refractivity contribution in [3.8, 4) is 10.4 Å². The number of halogens is 1. The summed E-state index contributed by atoms with van der Waals surface area (Å²) in [5, 5.41) is 8.02. The summed E-state index contributed by atoms with van der Waals surface area (Å²) < 4.78 is 4.66. The van der Waals surface area contributed by atoms with Gasteiger partial charge in [-0.05, 0) is 25.1 Å². The van der Waals surface area contributed by atoms with Crippen LogP contribution in [0.15, 0.2) is 18.2 Å². The first kappa shape index (κ1) is 12.0. The number of esters is 1. The molecule has 6 heteroatoms. The van der Waals surface area contributed by atoms with E-state index in [-0.39, 0.29) is 5.97 Å². The van der Waals surface area contributed by atoms with E-state index in [9.17, 15) is 4.79 Å². The van der Waals surface area contributed by atoms with Crippen molar-refractivity contribution in [1.29, 1.82) is 0 Å². The van der Waals surface area contributed by atoms with Crippen LogP contribution in [0.4, 0.5) is 0 Å². The number of ether oxygens (including phenoxy) is 1. The van der Waals surface area contributed by atoms with Crippen molar-refractivity contribution in [3.63, 3.8) is 0 Å². The van der Waals surface area contributed by atoms with Crippen LogP contribution < -0.4 is 0 Å². The molecule has 2 aromatic heterocycles. The maximum atomic E-state index is 11.3. The third kappa shape index (κ3) is 2.45. The van der Waals surface area contributed by atoms with Gasteiger partial charge in [0.05, 0.1) is 12.8 Å². The Balaban J connectivity index is 2.43. The summed E-state index contributed by atoms with van der Waals surface area (Å²) in [6.07, 6.45) is 0. The number of carbonyl (C=O) groups excluding carboxylic acids is 1. The van der Waals surface area contributed by atoms with E-state index in [1.54, 1.807) is 12.1 Å². The van der Waals surface area contributed by atoms with E-state index >= 15 is 0 Å². The molecule has 0 amide bonds.